The third kappa shape index (κ3) is 3.53. The molecule has 9 heteroatoms. The summed E-state index contributed by atoms with van der Waals surface area (Å²) in [6, 6.07) is 4.40. The van der Waals surface area contributed by atoms with E-state index in [0.29, 0.717) is 6.42 Å². The Bertz CT molecular complexity index is 733. The molecule has 0 radical (unpaired) electrons. The van der Waals surface area contributed by atoms with Gasteiger partial charge in [-0.3, -0.25) is 0 Å². The molecule has 1 aromatic heterocycles. The van der Waals surface area contributed by atoms with Crippen molar-refractivity contribution in [3.05, 3.63) is 24.0 Å². The van der Waals surface area contributed by atoms with Crippen LogP contribution in [0.25, 0.3) is 0 Å². The average Bonchev–Trinajstić information content (AvgIpc) is 2.76. The molecule has 0 saturated carbocycles. The summed E-state index contributed by atoms with van der Waals surface area (Å²) >= 11 is 0. The van der Waals surface area contributed by atoms with Crippen LogP contribution in [0.2, 0.25) is 0 Å². The van der Waals surface area contributed by atoms with Crippen LogP contribution in [-0.2, 0) is 19.9 Å². The lowest BCUT2D eigenvalue weighted by Gasteiger charge is -2.10. The molecule has 0 aromatic carbocycles. The third-order valence-electron chi connectivity index (χ3n) is 3.05. The number of hydrogen-bond donors (Lipinski definition) is 1. The van der Waals surface area contributed by atoms with Crippen LogP contribution in [0.15, 0.2) is 23.2 Å². The highest BCUT2D eigenvalue weighted by molar-refractivity contribution is 7.91. The zero-order valence-corrected chi connectivity index (χ0v) is 12.1. The predicted octanol–water partition coefficient (Wildman–Crippen LogP) is -0.334. The maximum absolute atomic E-state index is 12.0. The second-order valence-corrected chi connectivity index (χ2v) is 8.61. The van der Waals surface area contributed by atoms with E-state index in [4.69, 9.17) is 5.26 Å². The van der Waals surface area contributed by atoms with E-state index in [1.54, 1.807) is 6.07 Å². The number of nitrogens with zero attached hydrogens (tertiary/aromatic N) is 2. The summed E-state index contributed by atoms with van der Waals surface area (Å²) < 4.78 is 48.9. The molecule has 1 fully saturated rings. The molecule has 1 atom stereocenters. The molecule has 2 heterocycles. The molecule has 0 aliphatic carbocycles. The molecule has 20 heavy (non-hydrogen) atoms. The average molecular weight is 315 g/mol. The smallest absolute Gasteiger partial charge is 0.242 e. The Kier molecular flexibility index (Phi) is 4.08. The van der Waals surface area contributed by atoms with Crippen molar-refractivity contribution >= 4 is 19.9 Å². The minimum Gasteiger partial charge on any atom is -0.244 e. The summed E-state index contributed by atoms with van der Waals surface area (Å²) in [6.45, 7) is 0.0849. The molecule has 1 aliphatic rings. The third-order valence-corrected chi connectivity index (χ3v) is 6.30. The van der Waals surface area contributed by atoms with Gasteiger partial charge in [-0.05, 0) is 24.5 Å². The molecule has 0 amide bonds. The van der Waals surface area contributed by atoms with Crippen LogP contribution in [0, 0.1) is 17.2 Å². The normalized spacial score (nSPS) is 21.4. The molecular weight excluding hydrogens is 302 g/mol. The number of rotatable bonds is 4. The molecule has 1 aliphatic heterocycles. The lowest BCUT2D eigenvalue weighted by Crippen LogP contribution is -2.30. The van der Waals surface area contributed by atoms with Gasteiger partial charge in [-0.15, -0.1) is 0 Å². The van der Waals surface area contributed by atoms with Gasteiger partial charge < -0.3 is 0 Å². The van der Waals surface area contributed by atoms with Gasteiger partial charge in [-0.2, -0.15) is 5.26 Å². The number of nitriles is 1. The van der Waals surface area contributed by atoms with E-state index < -0.39 is 19.9 Å². The fourth-order valence-corrected chi connectivity index (χ4v) is 4.87. The Morgan fingerprint density at radius 1 is 1.45 bits per heavy atom. The number of aromatic nitrogens is 1. The number of sulfonamides is 1. The fraction of sp³-hybridized carbons (Fsp3) is 0.455. The van der Waals surface area contributed by atoms with Crippen LogP contribution in [0.1, 0.15) is 12.1 Å². The fourth-order valence-electron chi connectivity index (χ4n) is 1.95. The van der Waals surface area contributed by atoms with Crippen molar-refractivity contribution in [2.75, 3.05) is 18.1 Å². The monoisotopic (exact) mass is 315 g/mol. The molecular formula is C11H13N3O4S2. The summed E-state index contributed by atoms with van der Waals surface area (Å²) in [5.41, 5.74) is 0.130. The molecule has 2 rings (SSSR count). The molecule has 7 nitrogen and oxygen atoms in total. The van der Waals surface area contributed by atoms with E-state index in [9.17, 15) is 16.8 Å². The van der Waals surface area contributed by atoms with Crippen molar-refractivity contribution < 1.29 is 16.8 Å². The van der Waals surface area contributed by atoms with E-state index in [2.05, 4.69) is 9.71 Å². The molecule has 1 unspecified atom stereocenters. The molecule has 108 valence electrons. The summed E-state index contributed by atoms with van der Waals surface area (Å²) in [6.07, 6.45) is 1.57. The molecule has 0 bridgehead atoms. The summed E-state index contributed by atoms with van der Waals surface area (Å²) in [7, 11) is -6.75. The first-order valence-electron chi connectivity index (χ1n) is 5.89. The Labute approximate surface area is 117 Å². The van der Waals surface area contributed by atoms with E-state index in [-0.39, 0.29) is 34.6 Å². The Hall–Kier alpha value is -1.50. The maximum Gasteiger partial charge on any atom is 0.242 e. The first-order chi connectivity index (χ1) is 9.32. The topological polar surface area (TPSA) is 117 Å². The van der Waals surface area contributed by atoms with Gasteiger partial charge in [-0.25, -0.2) is 26.5 Å². The van der Waals surface area contributed by atoms with Crippen LogP contribution in [0.3, 0.4) is 0 Å². The van der Waals surface area contributed by atoms with Crippen molar-refractivity contribution in [2.45, 2.75) is 11.3 Å². The van der Waals surface area contributed by atoms with Gasteiger partial charge in [0.1, 0.15) is 16.7 Å². The zero-order chi connectivity index (χ0) is 14.8. The second kappa shape index (κ2) is 5.47. The highest BCUT2D eigenvalue weighted by Crippen LogP contribution is 2.18. The van der Waals surface area contributed by atoms with Gasteiger partial charge in [-0.1, -0.05) is 0 Å². The minimum atomic E-state index is -3.73. The number of sulfone groups is 1. The SMILES string of the molecule is N#Cc1ccc(S(=O)(=O)NCC2CCS(=O)(=O)C2)cn1. The quantitative estimate of drug-likeness (QED) is 0.812. The number of pyridine rings is 1. The van der Waals surface area contributed by atoms with Crippen molar-refractivity contribution in [1.29, 1.82) is 5.26 Å². The highest BCUT2D eigenvalue weighted by Gasteiger charge is 2.29. The minimum absolute atomic E-state index is 0.0150. The van der Waals surface area contributed by atoms with Gasteiger partial charge in [0.15, 0.2) is 9.84 Å². The lowest BCUT2D eigenvalue weighted by molar-refractivity contribution is 0.543. The Balaban J connectivity index is 2.02. The Morgan fingerprint density at radius 2 is 2.20 bits per heavy atom. The van der Waals surface area contributed by atoms with Crippen LogP contribution < -0.4 is 4.72 Å². The molecule has 0 spiro atoms. The lowest BCUT2D eigenvalue weighted by atomic mass is 10.1. The first-order valence-corrected chi connectivity index (χ1v) is 9.19. The van der Waals surface area contributed by atoms with Crippen molar-refractivity contribution in [2.24, 2.45) is 5.92 Å². The van der Waals surface area contributed by atoms with Crippen molar-refractivity contribution in [3.8, 4) is 6.07 Å². The van der Waals surface area contributed by atoms with Crippen LogP contribution in [0.5, 0.6) is 0 Å². The van der Waals surface area contributed by atoms with Crippen LogP contribution in [0.4, 0.5) is 0 Å². The highest BCUT2D eigenvalue weighted by atomic mass is 32.2. The summed E-state index contributed by atoms with van der Waals surface area (Å²) in [5.74, 6) is -0.0694. The van der Waals surface area contributed by atoms with Gasteiger partial charge in [0.05, 0.1) is 11.5 Å². The second-order valence-electron chi connectivity index (χ2n) is 4.61. The largest absolute Gasteiger partial charge is 0.244 e. The predicted molar refractivity (Wildman–Crippen MR) is 70.9 cm³/mol. The van der Waals surface area contributed by atoms with E-state index in [0.717, 1.165) is 6.20 Å². The van der Waals surface area contributed by atoms with Gasteiger partial charge in [0.2, 0.25) is 10.0 Å². The van der Waals surface area contributed by atoms with E-state index in [1.807, 2.05) is 0 Å². The molecule has 1 N–H and O–H groups in total. The summed E-state index contributed by atoms with van der Waals surface area (Å²) in [4.78, 5) is 3.65. The zero-order valence-electron chi connectivity index (χ0n) is 10.5. The van der Waals surface area contributed by atoms with Crippen molar-refractivity contribution in [3.63, 3.8) is 0 Å². The first kappa shape index (κ1) is 14.9. The molecule has 1 saturated heterocycles. The van der Waals surface area contributed by atoms with Gasteiger partial charge in [0.25, 0.3) is 0 Å². The molecule has 1 aromatic rings. The standard InChI is InChI=1S/C11H13N3O4S2/c12-5-10-1-2-11(7-13-10)20(17,18)14-6-9-3-4-19(15,16)8-9/h1-2,7,9,14H,3-4,6,8H2. The number of hydrogen-bond acceptors (Lipinski definition) is 6. The van der Waals surface area contributed by atoms with Crippen molar-refractivity contribution in [1.82, 2.24) is 9.71 Å². The van der Waals surface area contributed by atoms with Gasteiger partial charge in [0, 0.05) is 12.7 Å². The van der Waals surface area contributed by atoms with Crippen LogP contribution >= 0.6 is 0 Å². The number of nitrogens with one attached hydrogen (secondary N) is 1. The van der Waals surface area contributed by atoms with Gasteiger partial charge >= 0.3 is 0 Å². The van der Waals surface area contributed by atoms with Crippen LogP contribution in [-0.4, -0.2) is 39.9 Å². The van der Waals surface area contributed by atoms with E-state index in [1.165, 1.54) is 12.1 Å². The summed E-state index contributed by atoms with van der Waals surface area (Å²) in [5, 5.41) is 8.59. The Morgan fingerprint density at radius 3 is 2.70 bits per heavy atom. The maximum atomic E-state index is 12.0. The van der Waals surface area contributed by atoms with E-state index >= 15 is 0 Å².